The summed E-state index contributed by atoms with van der Waals surface area (Å²) in [4.78, 5) is 12.3. The lowest BCUT2D eigenvalue weighted by Crippen LogP contribution is -2.27. The number of carbonyl (C=O) groups excluding carboxylic acids is 1. The Labute approximate surface area is 143 Å². The van der Waals surface area contributed by atoms with Gasteiger partial charge in [-0.15, -0.1) is 0 Å². The van der Waals surface area contributed by atoms with E-state index in [-0.39, 0.29) is 11.8 Å². The monoisotopic (exact) mass is 332 g/mol. The Morgan fingerprint density at radius 3 is 2.43 bits per heavy atom. The molecule has 1 aromatic carbocycles. The van der Waals surface area contributed by atoms with Gasteiger partial charge in [0, 0.05) is 42.8 Å². The minimum atomic E-state index is 0.109. The van der Waals surface area contributed by atoms with Crippen molar-refractivity contribution in [3.8, 4) is 0 Å². The van der Waals surface area contributed by atoms with Crippen LogP contribution in [0.5, 0.6) is 0 Å². The molecular formula is C19H25ClN2O. The summed E-state index contributed by atoms with van der Waals surface area (Å²) in [7, 11) is 0. The summed E-state index contributed by atoms with van der Waals surface area (Å²) in [5, 5.41) is 3.75. The van der Waals surface area contributed by atoms with E-state index in [4.69, 9.17) is 11.6 Å². The van der Waals surface area contributed by atoms with Crippen molar-refractivity contribution >= 4 is 17.5 Å². The molecule has 124 valence electrons. The SMILES string of the molecule is CC(C)CCNC(=O)C[C@@H](Cn1cccc1)c1ccc(Cl)cc1. The average molecular weight is 333 g/mol. The van der Waals surface area contributed by atoms with E-state index in [0.717, 1.165) is 30.1 Å². The molecule has 0 aliphatic heterocycles. The Balaban J connectivity index is 2.01. The van der Waals surface area contributed by atoms with E-state index in [1.807, 2.05) is 48.8 Å². The van der Waals surface area contributed by atoms with Gasteiger partial charge in [-0.2, -0.15) is 0 Å². The van der Waals surface area contributed by atoms with E-state index in [9.17, 15) is 4.79 Å². The van der Waals surface area contributed by atoms with Crippen LogP contribution in [0.2, 0.25) is 5.02 Å². The zero-order valence-electron chi connectivity index (χ0n) is 13.8. The van der Waals surface area contributed by atoms with Gasteiger partial charge in [-0.05, 0) is 42.2 Å². The minimum absolute atomic E-state index is 0.109. The second-order valence-electron chi connectivity index (χ2n) is 6.36. The Hall–Kier alpha value is -1.74. The van der Waals surface area contributed by atoms with Crippen LogP contribution in [-0.2, 0) is 11.3 Å². The third kappa shape index (κ3) is 6.11. The van der Waals surface area contributed by atoms with Crippen LogP contribution in [0.1, 0.15) is 38.2 Å². The maximum atomic E-state index is 12.3. The van der Waals surface area contributed by atoms with E-state index in [1.165, 1.54) is 0 Å². The summed E-state index contributed by atoms with van der Waals surface area (Å²) in [6, 6.07) is 11.8. The fourth-order valence-electron chi connectivity index (χ4n) is 2.57. The second kappa shape index (κ2) is 8.78. The number of nitrogens with zero attached hydrogens (tertiary/aromatic N) is 1. The van der Waals surface area contributed by atoms with Gasteiger partial charge in [0.2, 0.25) is 5.91 Å². The fourth-order valence-corrected chi connectivity index (χ4v) is 2.69. The normalized spacial score (nSPS) is 12.3. The fraction of sp³-hybridized carbons (Fsp3) is 0.421. The molecule has 0 fully saturated rings. The zero-order valence-corrected chi connectivity index (χ0v) is 14.6. The third-order valence-corrected chi connectivity index (χ3v) is 4.17. The van der Waals surface area contributed by atoms with E-state index in [0.29, 0.717) is 12.3 Å². The molecule has 0 spiro atoms. The predicted octanol–water partition coefficient (Wildman–Crippen LogP) is 4.48. The highest BCUT2D eigenvalue weighted by atomic mass is 35.5. The molecule has 4 heteroatoms. The number of amides is 1. The lowest BCUT2D eigenvalue weighted by molar-refractivity contribution is -0.121. The molecule has 0 aliphatic rings. The van der Waals surface area contributed by atoms with Gasteiger partial charge in [0.05, 0.1) is 0 Å². The van der Waals surface area contributed by atoms with Crippen molar-refractivity contribution in [2.24, 2.45) is 5.92 Å². The Bertz CT molecular complexity index is 590. The van der Waals surface area contributed by atoms with Crippen LogP contribution in [0.15, 0.2) is 48.8 Å². The summed E-state index contributed by atoms with van der Waals surface area (Å²) >= 11 is 5.98. The van der Waals surface area contributed by atoms with Crippen molar-refractivity contribution in [1.29, 1.82) is 0 Å². The van der Waals surface area contributed by atoms with Gasteiger partial charge >= 0.3 is 0 Å². The molecule has 0 unspecified atom stereocenters. The number of halogens is 1. The van der Waals surface area contributed by atoms with Crippen LogP contribution in [0.3, 0.4) is 0 Å². The van der Waals surface area contributed by atoms with Crippen LogP contribution >= 0.6 is 11.6 Å². The van der Waals surface area contributed by atoms with Crippen LogP contribution in [-0.4, -0.2) is 17.0 Å². The van der Waals surface area contributed by atoms with Gasteiger partial charge in [-0.3, -0.25) is 4.79 Å². The molecule has 1 heterocycles. The molecule has 2 aromatic rings. The lowest BCUT2D eigenvalue weighted by atomic mass is 9.95. The molecule has 3 nitrogen and oxygen atoms in total. The summed E-state index contributed by atoms with van der Waals surface area (Å²) in [6.07, 6.45) is 5.55. The standard InChI is InChI=1S/C19H25ClN2O/c1-15(2)9-10-21-19(23)13-17(14-22-11-3-4-12-22)16-5-7-18(20)8-6-16/h3-8,11-12,15,17H,9-10,13-14H2,1-2H3,(H,21,23)/t17-/m0/s1. The highest BCUT2D eigenvalue weighted by Gasteiger charge is 2.16. The van der Waals surface area contributed by atoms with E-state index in [1.54, 1.807) is 0 Å². The predicted molar refractivity (Wildman–Crippen MR) is 95.7 cm³/mol. The molecule has 0 saturated heterocycles. The van der Waals surface area contributed by atoms with E-state index >= 15 is 0 Å². The molecule has 0 saturated carbocycles. The number of nitrogens with one attached hydrogen (secondary N) is 1. The number of hydrogen-bond donors (Lipinski definition) is 1. The van der Waals surface area contributed by atoms with Crippen LogP contribution in [0, 0.1) is 5.92 Å². The van der Waals surface area contributed by atoms with Crippen molar-refractivity contribution < 1.29 is 4.79 Å². The lowest BCUT2D eigenvalue weighted by Gasteiger charge is -2.18. The first-order chi connectivity index (χ1) is 11.0. The Morgan fingerprint density at radius 2 is 1.83 bits per heavy atom. The number of hydrogen-bond acceptors (Lipinski definition) is 1. The molecule has 2 rings (SSSR count). The van der Waals surface area contributed by atoms with Gasteiger partial charge in [-0.25, -0.2) is 0 Å². The summed E-state index contributed by atoms with van der Waals surface area (Å²) in [6.45, 7) is 5.85. The van der Waals surface area contributed by atoms with E-state index < -0.39 is 0 Å². The zero-order chi connectivity index (χ0) is 16.7. The summed E-state index contributed by atoms with van der Waals surface area (Å²) in [5.41, 5.74) is 1.14. The van der Waals surface area contributed by atoms with Crippen molar-refractivity contribution in [1.82, 2.24) is 9.88 Å². The van der Waals surface area contributed by atoms with Crippen molar-refractivity contribution in [2.75, 3.05) is 6.54 Å². The maximum absolute atomic E-state index is 12.3. The molecule has 1 atom stereocenters. The van der Waals surface area contributed by atoms with E-state index in [2.05, 4.69) is 23.7 Å². The third-order valence-electron chi connectivity index (χ3n) is 3.91. The largest absolute Gasteiger partial charge is 0.356 e. The smallest absolute Gasteiger partial charge is 0.220 e. The molecule has 1 amide bonds. The first kappa shape index (κ1) is 17.6. The molecule has 1 N–H and O–H groups in total. The first-order valence-corrected chi connectivity index (χ1v) is 8.55. The minimum Gasteiger partial charge on any atom is -0.356 e. The van der Waals surface area contributed by atoms with Crippen molar-refractivity contribution in [3.63, 3.8) is 0 Å². The number of rotatable bonds is 8. The number of carbonyl (C=O) groups is 1. The molecule has 0 aliphatic carbocycles. The highest BCUT2D eigenvalue weighted by Crippen LogP contribution is 2.24. The Kier molecular flexibility index (Phi) is 6.72. The number of benzene rings is 1. The van der Waals surface area contributed by atoms with Gasteiger partial charge in [0.25, 0.3) is 0 Å². The maximum Gasteiger partial charge on any atom is 0.220 e. The van der Waals surface area contributed by atoms with Gasteiger partial charge in [-0.1, -0.05) is 37.6 Å². The molecule has 0 radical (unpaired) electrons. The van der Waals surface area contributed by atoms with Crippen LogP contribution < -0.4 is 5.32 Å². The van der Waals surface area contributed by atoms with Crippen molar-refractivity contribution in [2.45, 2.75) is 39.2 Å². The first-order valence-electron chi connectivity index (χ1n) is 8.17. The van der Waals surface area contributed by atoms with Crippen molar-refractivity contribution in [3.05, 3.63) is 59.4 Å². The van der Waals surface area contributed by atoms with Gasteiger partial charge in [0.15, 0.2) is 0 Å². The number of aromatic nitrogens is 1. The van der Waals surface area contributed by atoms with Crippen LogP contribution in [0.25, 0.3) is 0 Å². The topological polar surface area (TPSA) is 34.0 Å². The summed E-state index contributed by atoms with van der Waals surface area (Å²) in [5.74, 6) is 0.846. The van der Waals surface area contributed by atoms with Crippen LogP contribution in [0.4, 0.5) is 0 Å². The molecular weight excluding hydrogens is 308 g/mol. The highest BCUT2D eigenvalue weighted by molar-refractivity contribution is 6.30. The quantitative estimate of drug-likeness (QED) is 0.760. The average Bonchev–Trinajstić information content (AvgIpc) is 3.00. The summed E-state index contributed by atoms with van der Waals surface area (Å²) < 4.78 is 2.11. The van der Waals surface area contributed by atoms with Gasteiger partial charge in [0.1, 0.15) is 0 Å². The molecule has 1 aromatic heterocycles. The molecule has 0 bridgehead atoms. The second-order valence-corrected chi connectivity index (χ2v) is 6.80. The van der Waals surface area contributed by atoms with Gasteiger partial charge < -0.3 is 9.88 Å². The molecule has 23 heavy (non-hydrogen) atoms. The Morgan fingerprint density at radius 1 is 1.17 bits per heavy atom.